The van der Waals surface area contributed by atoms with E-state index in [-0.39, 0.29) is 6.04 Å². The zero-order valence-corrected chi connectivity index (χ0v) is 7.48. The van der Waals surface area contributed by atoms with Gasteiger partial charge in [0.1, 0.15) is 0 Å². The van der Waals surface area contributed by atoms with E-state index in [0.717, 1.165) is 12.2 Å². The highest BCUT2D eigenvalue weighted by Crippen LogP contribution is 2.19. The molecule has 0 aromatic carbocycles. The van der Waals surface area contributed by atoms with E-state index in [9.17, 15) is 18.0 Å². The summed E-state index contributed by atoms with van der Waals surface area (Å²) in [5.74, 6) is -0.501. The first kappa shape index (κ1) is 12.0. The first-order valence-corrected chi connectivity index (χ1v) is 3.85. The van der Waals surface area contributed by atoms with Gasteiger partial charge < -0.3 is 5.32 Å². The second-order valence-corrected chi connectivity index (χ2v) is 2.88. The summed E-state index contributed by atoms with van der Waals surface area (Å²) in [5.41, 5.74) is 0. The molecular formula is C8H12F3NO. The Balaban J connectivity index is 3.79. The smallest absolute Gasteiger partial charge is 0.350 e. The van der Waals surface area contributed by atoms with E-state index in [0.29, 0.717) is 0 Å². The summed E-state index contributed by atoms with van der Waals surface area (Å²) in [4.78, 5) is 10.8. The minimum absolute atomic E-state index is 0.0666. The van der Waals surface area contributed by atoms with Crippen LogP contribution < -0.4 is 5.32 Å². The lowest BCUT2D eigenvalue weighted by atomic mass is 10.3. The number of rotatable bonds is 3. The molecule has 0 bridgehead atoms. The van der Waals surface area contributed by atoms with Crippen LogP contribution in [0.25, 0.3) is 0 Å². The van der Waals surface area contributed by atoms with Crippen molar-refractivity contribution in [1.82, 2.24) is 5.32 Å². The summed E-state index contributed by atoms with van der Waals surface area (Å²) in [6.07, 6.45) is -3.61. The second kappa shape index (κ2) is 4.89. The fraction of sp³-hybridized carbons (Fsp3) is 0.625. The van der Waals surface area contributed by atoms with Gasteiger partial charge in [0.05, 0.1) is 6.42 Å². The summed E-state index contributed by atoms with van der Waals surface area (Å²) in [5, 5.41) is 2.44. The third-order valence-electron chi connectivity index (χ3n) is 1.05. The van der Waals surface area contributed by atoms with Gasteiger partial charge in [-0.1, -0.05) is 6.08 Å². The Morgan fingerprint density at radius 3 is 2.38 bits per heavy atom. The van der Waals surface area contributed by atoms with E-state index in [1.807, 2.05) is 0 Å². The molecule has 0 rings (SSSR count). The predicted molar refractivity (Wildman–Crippen MR) is 43.1 cm³/mol. The highest BCUT2D eigenvalue weighted by Gasteiger charge is 2.24. The topological polar surface area (TPSA) is 29.1 Å². The highest BCUT2D eigenvalue weighted by atomic mass is 19.4. The Morgan fingerprint density at radius 1 is 1.46 bits per heavy atom. The van der Waals surface area contributed by atoms with Crippen LogP contribution in [0.1, 0.15) is 20.3 Å². The maximum Gasteiger partial charge on any atom is 0.392 e. The summed E-state index contributed by atoms with van der Waals surface area (Å²) in [6, 6.07) is -0.0666. The molecule has 0 aliphatic heterocycles. The maximum atomic E-state index is 11.6. The third-order valence-corrected chi connectivity index (χ3v) is 1.05. The van der Waals surface area contributed by atoms with E-state index in [2.05, 4.69) is 5.32 Å². The van der Waals surface area contributed by atoms with Crippen LogP contribution in [-0.4, -0.2) is 18.1 Å². The molecule has 0 aliphatic rings. The number of carbonyl (C=O) groups is 1. The normalized spacial score (nSPS) is 12.5. The van der Waals surface area contributed by atoms with Crippen LogP contribution in [0.3, 0.4) is 0 Å². The monoisotopic (exact) mass is 195 g/mol. The molecule has 0 fully saturated rings. The Morgan fingerprint density at radius 2 is 2.00 bits per heavy atom. The van der Waals surface area contributed by atoms with Gasteiger partial charge in [-0.15, -0.1) is 0 Å². The van der Waals surface area contributed by atoms with Gasteiger partial charge in [0.25, 0.3) is 0 Å². The van der Waals surface area contributed by atoms with Gasteiger partial charge in [-0.25, -0.2) is 0 Å². The Labute approximate surface area is 74.8 Å². The van der Waals surface area contributed by atoms with E-state index in [1.165, 1.54) is 0 Å². The number of nitrogens with one attached hydrogen (secondary N) is 1. The van der Waals surface area contributed by atoms with Crippen molar-refractivity contribution in [1.29, 1.82) is 0 Å². The van der Waals surface area contributed by atoms with Crippen LogP contribution in [-0.2, 0) is 4.79 Å². The van der Waals surface area contributed by atoms with E-state index in [4.69, 9.17) is 0 Å². The molecule has 0 radical (unpaired) electrons. The Hall–Kier alpha value is -1.00. The number of amides is 1. The first-order chi connectivity index (χ1) is 5.81. The number of halogens is 3. The van der Waals surface area contributed by atoms with Crippen LogP contribution in [0.5, 0.6) is 0 Å². The number of hydrogen-bond donors (Lipinski definition) is 1. The van der Waals surface area contributed by atoms with Crippen molar-refractivity contribution in [2.75, 3.05) is 0 Å². The molecule has 5 heteroatoms. The quantitative estimate of drug-likeness (QED) is 0.686. The molecular weight excluding hydrogens is 183 g/mol. The maximum absolute atomic E-state index is 11.6. The van der Waals surface area contributed by atoms with Gasteiger partial charge in [0, 0.05) is 6.04 Å². The van der Waals surface area contributed by atoms with Crippen molar-refractivity contribution in [2.24, 2.45) is 0 Å². The fourth-order valence-corrected chi connectivity index (χ4v) is 0.632. The van der Waals surface area contributed by atoms with Gasteiger partial charge in [0.2, 0.25) is 5.91 Å². The van der Waals surface area contributed by atoms with Gasteiger partial charge in [-0.2, -0.15) is 13.2 Å². The van der Waals surface area contributed by atoms with Gasteiger partial charge >= 0.3 is 6.18 Å². The van der Waals surface area contributed by atoms with Crippen molar-refractivity contribution in [2.45, 2.75) is 32.5 Å². The minimum atomic E-state index is -4.24. The van der Waals surface area contributed by atoms with E-state index < -0.39 is 18.5 Å². The minimum Gasteiger partial charge on any atom is -0.350 e. The average Bonchev–Trinajstić information content (AvgIpc) is 1.81. The Kier molecular flexibility index (Phi) is 4.51. The van der Waals surface area contributed by atoms with Crippen molar-refractivity contribution in [3.8, 4) is 0 Å². The molecule has 1 N–H and O–H groups in total. The standard InChI is InChI=1S/C8H12F3NO/c1-6(2)12-7(13)4-3-5-8(9,10)11/h3-4,6H,5H2,1-2H3,(H,12,13)/b4-3+. The van der Waals surface area contributed by atoms with Crippen LogP contribution in [0.4, 0.5) is 13.2 Å². The Bertz CT molecular complexity index is 196. The highest BCUT2D eigenvalue weighted by molar-refractivity contribution is 5.87. The number of hydrogen-bond acceptors (Lipinski definition) is 1. The molecule has 0 aliphatic carbocycles. The lowest BCUT2D eigenvalue weighted by Gasteiger charge is -2.04. The summed E-state index contributed by atoms with van der Waals surface area (Å²) >= 11 is 0. The fourth-order valence-electron chi connectivity index (χ4n) is 0.632. The molecule has 0 spiro atoms. The summed E-state index contributed by atoms with van der Waals surface area (Å²) in [7, 11) is 0. The number of carbonyl (C=O) groups excluding carboxylic acids is 1. The lowest BCUT2D eigenvalue weighted by molar-refractivity contribution is -0.125. The zero-order chi connectivity index (χ0) is 10.5. The third kappa shape index (κ3) is 8.91. The SMILES string of the molecule is CC(C)NC(=O)/C=C/CC(F)(F)F. The molecule has 0 unspecified atom stereocenters. The molecule has 0 saturated heterocycles. The van der Waals surface area contributed by atoms with Crippen molar-refractivity contribution in [3.05, 3.63) is 12.2 Å². The van der Waals surface area contributed by atoms with Crippen molar-refractivity contribution >= 4 is 5.91 Å². The number of allylic oxidation sites excluding steroid dienone is 1. The first-order valence-electron chi connectivity index (χ1n) is 3.85. The van der Waals surface area contributed by atoms with Crippen LogP contribution in [0, 0.1) is 0 Å². The van der Waals surface area contributed by atoms with Gasteiger partial charge in [0.15, 0.2) is 0 Å². The van der Waals surface area contributed by atoms with Crippen LogP contribution >= 0.6 is 0 Å². The molecule has 0 atom stereocenters. The van der Waals surface area contributed by atoms with E-state index >= 15 is 0 Å². The second-order valence-electron chi connectivity index (χ2n) is 2.88. The molecule has 1 amide bonds. The molecule has 13 heavy (non-hydrogen) atoms. The summed E-state index contributed by atoms with van der Waals surface area (Å²) < 4.78 is 34.8. The molecule has 76 valence electrons. The van der Waals surface area contributed by atoms with Crippen molar-refractivity contribution < 1.29 is 18.0 Å². The lowest BCUT2D eigenvalue weighted by Crippen LogP contribution is -2.28. The predicted octanol–water partition coefficient (Wildman–Crippen LogP) is 2.02. The molecule has 0 aromatic rings. The zero-order valence-electron chi connectivity index (χ0n) is 7.48. The molecule has 0 aromatic heterocycles. The number of alkyl halides is 3. The van der Waals surface area contributed by atoms with Crippen LogP contribution in [0.15, 0.2) is 12.2 Å². The van der Waals surface area contributed by atoms with Crippen molar-refractivity contribution in [3.63, 3.8) is 0 Å². The van der Waals surface area contributed by atoms with Gasteiger partial charge in [-0.3, -0.25) is 4.79 Å². The molecule has 2 nitrogen and oxygen atoms in total. The van der Waals surface area contributed by atoms with Gasteiger partial charge in [-0.05, 0) is 19.9 Å². The molecule has 0 heterocycles. The van der Waals surface area contributed by atoms with E-state index in [1.54, 1.807) is 13.8 Å². The largest absolute Gasteiger partial charge is 0.392 e. The average molecular weight is 195 g/mol. The molecule has 0 saturated carbocycles. The van der Waals surface area contributed by atoms with Crippen LogP contribution in [0.2, 0.25) is 0 Å². The summed E-state index contributed by atoms with van der Waals surface area (Å²) in [6.45, 7) is 3.46.